The number of hydrogen-bond acceptors (Lipinski definition) is 5. The first kappa shape index (κ1) is 33.7. The summed E-state index contributed by atoms with van der Waals surface area (Å²) in [5.74, 6) is -0.621. The Morgan fingerprint density at radius 1 is 0.927 bits per heavy atom. The average molecular weight is 568 g/mol. The highest BCUT2D eigenvalue weighted by atomic mass is 16.6. The molecule has 0 saturated heterocycles. The molecule has 3 amide bonds. The van der Waals surface area contributed by atoms with Gasteiger partial charge in [-0.3, -0.25) is 9.59 Å². The number of amides is 3. The Kier molecular flexibility index (Phi) is 10.6. The van der Waals surface area contributed by atoms with Crippen molar-refractivity contribution in [3.63, 3.8) is 0 Å². The van der Waals surface area contributed by atoms with E-state index in [1.54, 1.807) is 37.8 Å². The molecule has 0 bridgehead atoms. The summed E-state index contributed by atoms with van der Waals surface area (Å²) >= 11 is 0. The number of nitrogens with one attached hydrogen (secondary N) is 2. The molecule has 2 atom stereocenters. The molecule has 8 heteroatoms. The number of aryl methyl sites for hydroxylation is 2. The number of alkyl carbamates (subject to hydrolysis) is 1. The predicted octanol–water partition coefficient (Wildman–Crippen LogP) is 6.12. The second-order valence-corrected chi connectivity index (χ2v) is 13.4. The molecule has 0 aromatic heterocycles. The van der Waals surface area contributed by atoms with Crippen LogP contribution < -0.4 is 10.6 Å². The smallest absolute Gasteiger partial charge is 0.408 e. The Morgan fingerprint density at radius 2 is 1.51 bits per heavy atom. The summed E-state index contributed by atoms with van der Waals surface area (Å²) < 4.78 is 5.52. The van der Waals surface area contributed by atoms with Crippen molar-refractivity contribution < 1.29 is 24.2 Å². The van der Waals surface area contributed by atoms with Crippen LogP contribution in [0.1, 0.15) is 97.0 Å². The molecule has 0 aliphatic rings. The fraction of sp³-hybridized carbons (Fsp3) is 0.545. The zero-order valence-electron chi connectivity index (χ0n) is 26.6. The lowest BCUT2D eigenvalue weighted by Gasteiger charge is -2.45. The van der Waals surface area contributed by atoms with Gasteiger partial charge >= 0.3 is 6.09 Å². The quantitative estimate of drug-likeness (QED) is 0.338. The molecule has 0 spiro atoms. The molecule has 41 heavy (non-hydrogen) atoms. The number of aromatic hydroxyl groups is 1. The number of carbonyl (C=O) groups excluding carboxylic acids is 3. The lowest BCUT2D eigenvalue weighted by atomic mass is 9.89. The van der Waals surface area contributed by atoms with E-state index in [1.807, 2.05) is 73.6 Å². The van der Waals surface area contributed by atoms with Gasteiger partial charge in [0.1, 0.15) is 23.4 Å². The van der Waals surface area contributed by atoms with Crippen LogP contribution in [0.25, 0.3) is 0 Å². The number of benzene rings is 2. The average Bonchev–Trinajstić information content (AvgIpc) is 2.81. The zero-order chi connectivity index (χ0) is 31.3. The zero-order valence-corrected chi connectivity index (χ0v) is 26.6. The van der Waals surface area contributed by atoms with Crippen LogP contribution in [0.2, 0.25) is 0 Å². The van der Waals surface area contributed by atoms with Crippen molar-refractivity contribution >= 4 is 17.9 Å². The normalized spacial score (nSPS) is 13.6. The molecule has 0 radical (unpaired) electrons. The van der Waals surface area contributed by atoms with Crippen LogP contribution in [0.3, 0.4) is 0 Å². The maximum Gasteiger partial charge on any atom is 0.408 e. The standard InChI is InChI=1S/C33H49N3O5/c1-12-33(10,11)36(27(28(38)35-31(4,5)6)25-18-13-21(2)19-22(25)3)29(39)26(34-30(40)41-32(7,8)9)20-23-14-16-24(37)17-15-23/h13-19,26-27,37H,12,20H2,1-11H3,(H,34,40)(H,35,38). The minimum absolute atomic E-state index is 0.0965. The van der Waals surface area contributed by atoms with Crippen LogP contribution >= 0.6 is 0 Å². The lowest BCUT2D eigenvalue weighted by Crippen LogP contribution is -2.60. The van der Waals surface area contributed by atoms with Crippen molar-refractivity contribution in [2.45, 2.75) is 118 Å². The fourth-order valence-electron chi connectivity index (χ4n) is 4.60. The van der Waals surface area contributed by atoms with Crippen LogP contribution in [0.5, 0.6) is 5.75 Å². The third-order valence-corrected chi connectivity index (χ3v) is 6.84. The van der Waals surface area contributed by atoms with Gasteiger partial charge in [0.05, 0.1) is 0 Å². The summed E-state index contributed by atoms with van der Waals surface area (Å²) in [6.07, 6.45) is -0.0395. The van der Waals surface area contributed by atoms with E-state index in [2.05, 4.69) is 10.6 Å². The Morgan fingerprint density at radius 3 is 2.00 bits per heavy atom. The van der Waals surface area contributed by atoms with Crippen LogP contribution in [0, 0.1) is 13.8 Å². The van der Waals surface area contributed by atoms with E-state index >= 15 is 0 Å². The van der Waals surface area contributed by atoms with Crippen LogP contribution in [0.4, 0.5) is 4.79 Å². The topological polar surface area (TPSA) is 108 Å². The van der Waals surface area contributed by atoms with Gasteiger partial charge in [-0.05, 0) is 104 Å². The summed E-state index contributed by atoms with van der Waals surface area (Å²) in [6.45, 7) is 20.7. The van der Waals surface area contributed by atoms with Crippen molar-refractivity contribution in [1.82, 2.24) is 15.5 Å². The molecule has 0 aliphatic heterocycles. The minimum Gasteiger partial charge on any atom is -0.508 e. The van der Waals surface area contributed by atoms with E-state index in [0.717, 1.165) is 16.7 Å². The second-order valence-electron chi connectivity index (χ2n) is 13.4. The van der Waals surface area contributed by atoms with Gasteiger partial charge in [-0.15, -0.1) is 0 Å². The van der Waals surface area contributed by atoms with E-state index in [0.29, 0.717) is 12.0 Å². The molecule has 0 saturated carbocycles. The Bertz CT molecular complexity index is 1220. The van der Waals surface area contributed by atoms with Gasteiger partial charge in [0.25, 0.3) is 0 Å². The second kappa shape index (κ2) is 13.0. The van der Waals surface area contributed by atoms with Crippen molar-refractivity contribution in [2.75, 3.05) is 0 Å². The summed E-state index contributed by atoms with van der Waals surface area (Å²) in [4.78, 5) is 43.4. The highest BCUT2D eigenvalue weighted by molar-refractivity contribution is 5.93. The summed E-state index contributed by atoms with van der Waals surface area (Å²) in [7, 11) is 0. The number of nitrogens with zero attached hydrogens (tertiary/aromatic N) is 1. The van der Waals surface area contributed by atoms with E-state index in [4.69, 9.17) is 4.74 Å². The Balaban J connectivity index is 2.73. The summed E-state index contributed by atoms with van der Waals surface area (Å²) in [5.41, 5.74) is 1.30. The SMILES string of the molecule is CCC(C)(C)N(C(=O)C(Cc1ccc(O)cc1)NC(=O)OC(C)(C)C)C(C(=O)NC(C)(C)C)c1ccc(C)cc1C. The van der Waals surface area contributed by atoms with Gasteiger partial charge in [0.2, 0.25) is 11.8 Å². The number of phenols is 1. The first-order valence-electron chi connectivity index (χ1n) is 14.2. The van der Waals surface area contributed by atoms with E-state index in [9.17, 15) is 19.5 Å². The van der Waals surface area contributed by atoms with E-state index < -0.39 is 40.8 Å². The van der Waals surface area contributed by atoms with Crippen LogP contribution in [0.15, 0.2) is 42.5 Å². The first-order chi connectivity index (χ1) is 18.7. The molecule has 0 heterocycles. The van der Waals surface area contributed by atoms with Crippen LogP contribution in [-0.2, 0) is 20.7 Å². The van der Waals surface area contributed by atoms with Crippen LogP contribution in [-0.4, -0.2) is 50.6 Å². The highest BCUT2D eigenvalue weighted by Gasteiger charge is 2.44. The van der Waals surface area contributed by atoms with Gasteiger partial charge in [-0.2, -0.15) is 0 Å². The lowest BCUT2D eigenvalue weighted by molar-refractivity contribution is -0.149. The Hall–Kier alpha value is -3.55. The van der Waals surface area contributed by atoms with Crippen molar-refractivity contribution in [3.8, 4) is 5.75 Å². The van der Waals surface area contributed by atoms with Gasteiger partial charge in [0, 0.05) is 17.5 Å². The van der Waals surface area contributed by atoms with Gasteiger partial charge < -0.3 is 25.4 Å². The van der Waals surface area contributed by atoms with Gasteiger partial charge in [-0.25, -0.2) is 4.79 Å². The molecule has 2 rings (SSSR count). The molecule has 2 aromatic carbocycles. The third-order valence-electron chi connectivity index (χ3n) is 6.84. The summed E-state index contributed by atoms with van der Waals surface area (Å²) in [5, 5.41) is 15.7. The number of rotatable bonds is 9. The molecule has 3 N–H and O–H groups in total. The molecule has 226 valence electrons. The number of ether oxygens (including phenoxy) is 1. The van der Waals surface area contributed by atoms with Crippen molar-refractivity contribution in [1.29, 1.82) is 0 Å². The molecule has 2 aromatic rings. The molecule has 2 unspecified atom stereocenters. The molecule has 8 nitrogen and oxygen atoms in total. The van der Waals surface area contributed by atoms with Gasteiger partial charge in [-0.1, -0.05) is 42.8 Å². The molecule has 0 aliphatic carbocycles. The largest absolute Gasteiger partial charge is 0.508 e. The predicted molar refractivity (Wildman–Crippen MR) is 163 cm³/mol. The maximum absolute atomic E-state index is 14.7. The Labute approximate surface area is 245 Å². The summed E-state index contributed by atoms with van der Waals surface area (Å²) in [6, 6.07) is 10.3. The van der Waals surface area contributed by atoms with Crippen molar-refractivity contribution in [3.05, 3.63) is 64.7 Å². The van der Waals surface area contributed by atoms with Crippen molar-refractivity contribution in [2.24, 2.45) is 0 Å². The first-order valence-corrected chi connectivity index (χ1v) is 14.2. The molecular weight excluding hydrogens is 518 g/mol. The molecular formula is C33H49N3O5. The van der Waals surface area contributed by atoms with E-state index in [-0.39, 0.29) is 18.1 Å². The van der Waals surface area contributed by atoms with E-state index in [1.165, 1.54) is 12.1 Å². The number of hydrogen-bond donors (Lipinski definition) is 3. The maximum atomic E-state index is 14.7. The monoisotopic (exact) mass is 567 g/mol. The molecule has 0 fully saturated rings. The third kappa shape index (κ3) is 9.80. The fourth-order valence-corrected chi connectivity index (χ4v) is 4.60. The van der Waals surface area contributed by atoms with Gasteiger partial charge in [0.15, 0.2) is 0 Å². The highest BCUT2D eigenvalue weighted by Crippen LogP contribution is 2.34. The number of carbonyl (C=O) groups is 3. The number of phenolic OH excluding ortho intramolecular Hbond substituents is 1. The minimum atomic E-state index is -1.05.